The van der Waals surface area contributed by atoms with Crippen molar-refractivity contribution in [3.63, 3.8) is 0 Å². The summed E-state index contributed by atoms with van der Waals surface area (Å²) < 4.78 is 5.10. The normalized spacial score (nSPS) is 32.8. The number of rotatable bonds is 3. The number of nitrogens with zero attached hydrogens (tertiary/aromatic N) is 1. The van der Waals surface area contributed by atoms with Crippen LogP contribution < -0.4 is 0 Å². The zero-order valence-electron chi connectivity index (χ0n) is 7.60. The molecule has 3 atom stereocenters. The fraction of sp³-hybridized carbons (Fsp3) is 1.00. The van der Waals surface area contributed by atoms with Crippen molar-refractivity contribution in [3.8, 4) is 0 Å². The first-order valence-electron chi connectivity index (χ1n) is 4.25. The first-order valence-corrected chi connectivity index (χ1v) is 4.25. The van der Waals surface area contributed by atoms with E-state index in [1.54, 1.807) is 6.92 Å². The summed E-state index contributed by atoms with van der Waals surface area (Å²) in [5, 5.41) is 18.5. The average Bonchev–Trinajstić information content (AvgIpc) is 2.33. The lowest BCUT2D eigenvalue weighted by atomic mass is 10.2. The van der Waals surface area contributed by atoms with Gasteiger partial charge >= 0.3 is 0 Å². The molecule has 4 nitrogen and oxygen atoms in total. The minimum absolute atomic E-state index is 0.0413. The molecule has 1 rings (SSSR count). The molecule has 12 heavy (non-hydrogen) atoms. The third-order valence-electron chi connectivity index (χ3n) is 2.14. The highest BCUT2D eigenvalue weighted by Crippen LogP contribution is 2.11. The number of aliphatic hydroxyl groups is 2. The van der Waals surface area contributed by atoms with E-state index >= 15 is 0 Å². The van der Waals surface area contributed by atoms with Gasteiger partial charge < -0.3 is 14.9 Å². The zero-order chi connectivity index (χ0) is 9.14. The number of likely N-dealkylation sites (N-methyl/N-ethyl adjacent to an activating group) is 1. The van der Waals surface area contributed by atoms with Gasteiger partial charge in [0.05, 0.1) is 31.5 Å². The maximum atomic E-state index is 9.42. The summed E-state index contributed by atoms with van der Waals surface area (Å²) in [7, 11) is 1.88. The van der Waals surface area contributed by atoms with Crippen molar-refractivity contribution in [3.05, 3.63) is 0 Å². The molecule has 0 bridgehead atoms. The van der Waals surface area contributed by atoms with E-state index < -0.39 is 6.10 Å². The van der Waals surface area contributed by atoms with E-state index in [0.717, 1.165) is 0 Å². The van der Waals surface area contributed by atoms with Crippen molar-refractivity contribution in [1.29, 1.82) is 0 Å². The van der Waals surface area contributed by atoms with Gasteiger partial charge in [-0.15, -0.1) is 0 Å². The van der Waals surface area contributed by atoms with Crippen molar-refractivity contribution in [1.82, 2.24) is 4.90 Å². The first kappa shape index (κ1) is 9.92. The van der Waals surface area contributed by atoms with Crippen LogP contribution in [0.1, 0.15) is 6.92 Å². The molecule has 0 aliphatic carbocycles. The van der Waals surface area contributed by atoms with E-state index in [9.17, 15) is 5.11 Å². The third-order valence-corrected chi connectivity index (χ3v) is 2.14. The molecule has 1 aliphatic rings. The summed E-state index contributed by atoms with van der Waals surface area (Å²) in [4.78, 5) is 1.93. The van der Waals surface area contributed by atoms with Gasteiger partial charge in [0.15, 0.2) is 0 Å². The summed E-state index contributed by atoms with van der Waals surface area (Å²) in [6.07, 6.45) is -0.767. The van der Waals surface area contributed by atoms with Gasteiger partial charge in [-0.3, -0.25) is 4.90 Å². The first-order chi connectivity index (χ1) is 5.61. The third kappa shape index (κ3) is 2.42. The predicted molar refractivity (Wildman–Crippen MR) is 44.9 cm³/mol. The molecule has 1 aliphatic heterocycles. The predicted octanol–water partition coefficient (Wildman–Crippen LogP) is -0.941. The van der Waals surface area contributed by atoms with Crippen molar-refractivity contribution < 1.29 is 14.9 Å². The summed E-state index contributed by atoms with van der Waals surface area (Å²) in [5.41, 5.74) is 0. The fourth-order valence-corrected chi connectivity index (χ4v) is 1.50. The zero-order valence-corrected chi connectivity index (χ0v) is 7.60. The molecule has 0 aromatic rings. The van der Waals surface area contributed by atoms with Crippen molar-refractivity contribution >= 4 is 0 Å². The van der Waals surface area contributed by atoms with E-state index in [1.165, 1.54) is 0 Å². The molecule has 1 heterocycles. The highest BCUT2D eigenvalue weighted by Gasteiger charge is 2.29. The van der Waals surface area contributed by atoms with Gasteiger partial charge in [0.2, 0.25) is 0 Å². The maximum absolute atomic E-state index is 9.42. The molecule has 72 valence electrons. The minimum atomic E-state index is -0.409. The Bertz CT molecular complexity index is 140. The smallest absolute Gasteiger partial charge is 0.0950 e. The summed E-state index contributed by atoms with van der Waals surface area (Å²) >= 11 is 0. The van der Waals surface area contributed by atoms with Gasteiger partial charge in [-0.1, -0.05) is 0 Å². The van der Waals surface area contributed by atoms with Gasteiger partial charge in [-0.25, -0.2) is 0 Å². The standard InChI is InChI=1S/C8H17NO3/c1-6(10)3-9(2)7-4-12-5-8(7)11/h6-8,10-11H,3-5H2,1-2H3/t6?,7-,8-/m1/s1. The van der Waals surface area contributed by atoms with Crippen molar-refractivity contribution in [2.24, 2.45) is 0 Å². The monoisotopic (exact) mass is 175 g/mol. The Morgan fingerprint density at radius 2 is 2.25 bits per heavy atom. The quantitative estimate of drug-likeness (QED) is 0.581. The molecule has 1 unspecified atom stereocenters. The molecule has 0 spiro atoms. The Kier molecular flexibility index (Phi) is 3.46. The molecule has 0 aromatic heterocycles. The van der Waals surface area contributed by atoms with Gasteiger partial charge in [-0.05, 0) is 14.0 Å². The Balaban J connectivity index is 2.35. The molecule has 2 N–H and O–H groups in total. The van der Waals surface area contributed by atoms with Crippen molar-refractivity contribution in [2.45, 2.75) is 25.2 Å². The van der Waals surface area contributed by atoms with Crippen LogP contribution in [0.2, 0.25) is 0 Å². The molecule has 4 heteroatoms. The molecule has 0 radical (unpaired) electrons. The number of ether oxygens (including phenoxy) is 1. The van der Waals surface area contributed by atoms with E-state index in [4.69, 9.17) is 9.84 Å². The molecular weight excluding hydrogens is 158 g/mol. The lowest BCUT2D eigenvalue weighted by molar-refractivity contribution is 0.0657. The van der Waals surface area contributed by atoms with E-state index in [2.05, 4.69) is 0 Å². The second-order valence-corrected chi connectivity index (χ2v) is 3.46. The van der Waals surface area contributed by atoms with Crippen LogP contribution in [-0.2, 0) is 4.74 Å². The Labute approximate surface area is 72.7 Å². The van der Waals surface area contributed by atoms with Crippen LogP contribution in [0.5, 0.6) is 0 Å². The maximum Gasteiger partial charge on any atom is 0.0950 e. The van der Waals surface area contributed by atoms with Gasteiger partial charge in [0.25, 0.3) is 0 Å². The molecule has 0 amide bonds. The van der Waals surface area contributed by atoms with Crippen LogP contribution in [0.25, 0.3) is 0 Å². The van der Waals surface area contributed by atoms with Crippen LogP contribution in [0, 0.1) is 0 Å². The largest absolute Gasteiger partial charge is 0.392 e. The van der Waals surface area contributed by atoms with Crippen LogP contribution in [-0.4, -0.2) is 60.2 Å². The minimum Gasteiger partial charge on any atom is -0.392 e. The number of hydrogen-bond donors (Lipinski definition) is 2. The molecular formula is C8H17NO3. The van der Waals surface area contributed by atoms with Crippen LogP contribution in [0.4, 0.5) is 0 Å². The molecule has 1 fully saturated rings. The number of hydrogen-bond acceptors (Lipinski definition) is 4. The molecule has 1 saturated heterocycles. The van der Waals surface area contributed by atoms with Crippen LogP contribution >= 0.6 is 0 Å². The number of aliphatic hydroxyl groups excluding tert-OH is 2. The highest BCUT2D eigenvalue weighted by molar-refractivity contribution is 4.82. The summed E-state index contributed by atoms with van der Waals surface area (Å²) in [6.45, 7) is 3.28. The Hall–Kier alpha value is -0.160. The van der Waals surface area contributed by atoms with Crippen LogP contribution in [0.3, 0.4) is 0 Å². The molecule has 0 saturated carbocycles. The van der Waals surface area contributed by atoms with Gasteiger partial charge in [0, 0.05) is 6.54 Å². The Morgan fingerprint density at radius 3 is 2.67 bits per heavy atom. The second-order valence-electron chi connectivity index (χ2n) is 3.46. The van der Waals surface area contributed by atoms with E-state index in [-0.39, 0.29) is 12.1 Å². The Morgan fingerprint density at radius 1 is 1.58 bits per heavy atom. The summed E-state index contributed by atoms with van der Waals surface area (Å²) in [6, 6.07) is 0.0413. The van der Waals surface area contributed by atoms with Crippen molar-refractivity contribution in [2.75, 3.05) is 26.8 Å². The van der Waals surface area contributed by atoms with Crippen LogP contribution in [0.15, 0.2) is 0 Å². The molecule has 0 aromatic carbocycles. The topological polar surface area (TPSA) is 52.9 Å². The fourth-order valence-electron chi connectivity index (χ4n) is 1.50. The van der Waals surface area contributed by atoms with Gasteiger partial charge in [0.1, 0.15) is 0 Å². The van der Waals surface area contributed by atoms with Gasteiger partial charge in [-0.2, -0.15) is 0 Å². The SMILES string of the molecule is CC(O)CN(C)[C@@H]1COC[C@H]1O. The lowest BCUT2D eigenvalue weighted by Crippen LogP contribution is -2.43. The highest BCUT2D eigenvalue weighted by atomic mass is 16.5. The average molecular weight is 175 g/mol. The van der Waals surface area contributed by atoms with E-state index in [1.807, 2.05) is 11.9 Å². The second kappa shape index (κ2) is 4.18. The lowest BCUT2D eigenvalue weighted by Gasteiger charge is -2.26. The van der Waals surface area contributed by atoms with E-state index in [0.29, 0.717) is 19.8 Å². The summed E-state index contributed by atoms with van der Waals surface area (Å²) in [5.74, 6) is 0.